The Bertz CT molecular complexity index is 558. The lowest BCUT2D eigenvalue weighted by atomic mass is 10.2. The minimum absolute atomic E-state index is 0.725. The van der Waals surface area contributed by atoms with Crippen LogP contribution >= 0.6 is 22.7 Å². The fourth-order valence-electron chi connectivity index (χ4n) is 2.42. The predicted octanol–water partition coefficient (Wildman–Crippen LogP) is 4.22. The third-order valence-corrected chi connectivity index (χ3v) is 5.64. The molecule has 1 aliphatic carbocycles. The number of thiophene rings is 1. The van der Waals surface area contributed by atoms with Gasteiger partial charge in [-0.15, -0.1) is 11.3 Å². The molecule has 2 aromatic heterocycles. The SMILES string of the molecule is CCCNCc1sc(N(C)Cc2ccsc2)nc1C1CC1. The molecule has 0 saturated heterocycles. The Morgan fingerprint density at radius 2 is 2.29 bits per heavy atom. The molecule has 3 rings (SSSR count). The van der Waals surface area contributed by atoms with Crippen LogP contribution in [0.5, 0.6) is 0 Å². The zero-order chi connectivity index (χ0) is 14.7. The molecule has 1 fully saturated rings. The molecule has 2 aromatic rings. The van der Waals surface area contributed by atoms with Gasteiger partial charge in [-0.3, -0.25) is 0 Å². The van der Waals surface area contributed by atoms with Gasteiger partial charge in [0.05, 0.1) is 5.69 Å². The molecule has 0 aliphatic heterocycles. The van der Waals surface area contributed by atoms with Crippen molar-refractivity contribution < 1.29 is 0 Å². The summed E-state index contributed by atoms with van der Waals surface area (Å²) < 4.78 is 0. The molecule has 0 bridgehead atoms. The maximum Gasteiger partial charge on any atom is 0.185 e. The van der Waals surface area contributed by atoms with Crippen molar-refractivity contribution in [2.75, 3.05) is 18.5 Å². The third-order valence-electron chi connectivity index (χ3n) is 3.72. The lowest BCUT2D eigenvalue weighted by Crippen LogP contribution is -2.15. The van der Waals surface area contributed by atoms with Crippen molar-refractivity contribution in [2.45, 2.75) is 45.2 Å². The molecular formula is C16H23N3S2. The average molecular weight is 322 g/mol. The molecule has 1 N–H and O–H groups in total. The highest BCUT2D eigenvalue weighted by Crippen LogP contribution is 2.44. The van der Waals surface area contributed by atoms with Gasteiger partial charge in [0, 0.05) is 30.9 Å². The van der Waals surface area contributed by atoms with Crippen LogP contribution in [0.2, 0.25) is 0 Å². The highest BCUT2D eigenvalue weighted by atomic mass is 32.1. The average Bonchev–Trinajstić information content (AvgIpc) is 3.02. The maximum absolute atomic E-state index is 4.94. The number of aromatic nitrogens is 1. The van der Waals surface area contributed by atoms with Crippen LogP contribution in [0, 0.1) is 0 Å². The van der Waals surface area contributed by atoms with Gasteiger partial charge in [-0.05, 0) is 48.2 Å². The van der Waals surface area contributed by atoms with E-state index in [0.717, 1.165) is 30.7 Å². The first-order valence-corrected chi connectivity index (χ1v) is 9.46. The Balaban J connectivity index is 1.71. The molecule has 0 spiro atoms. The molecule has 1 saturated carbocycles. The van der Waals surface area contributed by atoms with Gasteiger partial charge < -0.3 is 10.2 Å². The molecule has 0 amide bonds. The molecule has 21 heavy (non-hydrogen) atoms. The fraction of sp³-hybridized carbons (Fsp3) is 0.562. The molecule has 5 heteroatoms. The van der Waals surface area contributed by atoms with Crippen molar-refractivity contribution >= 4 is 27.8 Å². The predicted molar refractivity (Wildman–Crippen MR) is 92.5 cm³/mol. The molecule has 114 valence electrons. The smallest absolute Gasteiger partial charge is 0.185 e. The monoisotopic (exact) mass is 321 g/mol. The highest BCUT2D eigenvalue weighted by Gasteiger charge is 2.30. The van der Waals surface area contributed by atoms with E-state index in [2.05, 4.69) is 41.0 Å². The molecule has 3 nitrogen and oxygen atoms in total. The minimum atomic E-state index is 0.725. The summed E-state index contributed by atoms with van der Waals surface area (Å²) in [5, 5.41) is 9.05. The molecule has 0 unspecified atom stereocenters. The topological polar surface area (TPSA) is 28.2 Å². The number of rotatable bonds is 8. The summed E-state index contributed by atoms with van der Waals surface area (Å²) in [6.07, 6.45) is 3.82. The molecule has 0 atom stereocenters. The molecule has 1 aliphatic rings. The van der Waals surface area contributed by atoms with Gasteiger partial charge in [-0.25, -0.2) is 4.98 Å². The summed E-state index contributed by atoms with van der Waals surface area (Å²) in [5.74, 6) is 0.725. The summed E-state index contributed by atoms with van der Waals surface area (Å²) in [5.41, 5.74) is 2.73. The summed E-state index contributed by atoms with van der Waals surface area (Å²) >= 11 is 3.62. The summed E-state index contributed by atoms with van der Waals surface area (Å²) in [6.45, 7) is 5.22. The van der Waals surface area contributed by atoms with Gasteiger partial charge in [0.1, 0.15) is 0 Å². The van der Waals surface area contributed by atoms with Crippen LogP contribution in [0.1, 0.15) is 48.2 Å². The number of nitrogens with zero attached hydrogens (tertiary/aromatic N) is 2. The molecule has 2 heterocycles. The van der Waals surface area contributed by atoms with E-state index < -0.39 is 0 Å². The van der Waals surface area contributed by atoms with E-state index in [0.29, 0.717) is 0 Å². The Morgan fingerprint density at radius 3 is 2.95 bits per heavy atom. The van der Waals surface area contributed by atoms with E-state index in [1.807, 2.05) is 11.3 Å². The van der Waals surface area contributed by atoms with Crippen LogP contribution in [0.4, 0.5) is 5.13 Å². The quantitative estimate of drug-likeness (QED) is 0.738. The molecular weight excluding hydrogens is 298 g/mol. The van der Waals surface area contributed by atoms with Crippen molar-refractivity contribution in [3.05, 3.63) is 33.0 Å². The van der Waals surface area contributed by atoms with Crippen LogP contribution in [0.3, 0.4) is 0 Å². The summed E-state index contributed by atoms with van der Waals surface area (Å²) in [6, 6.07) is 2.19. The van der Waals surface area contributed by atoms with Gasteiger partial charge in [-0.2, -0.15) is 11.3 Å². The Hall–Kier alpha value is -0.910. The van der Waals surface area contributed by atoms with Crippen molar-refractivity contribution in [3.8, 4) is 0 Å². The standard InChI is InChI=1S/C16H23N3S2/c1-3-7-17-9-14-15(13-4-5-13)18-16(21-14)19(2)10-12-6-8-20-11-12/h6,8,11,13,17H,3-5,7,9-10H2,1-2H3. The van der Waals surface area contributed by atoms with E-state index in [-0.39, 0.29) is 0 Å². The van der Waals surface area contributed by atoms with Gasteiger partial charge in [-0.1, -0.05) is 6.92 Å². The summed E-state index contributed by atoms with van der Waals surface area (Å²) in [7, 11) is 2.15. The van der Waals surface area contributed by atoms with Crippen molar-refractivity contribution in [2.24, 2.45) is 0 Å². The second kappa shape index (κ2) is 6.90. The van der Waals surface area contributed by atoms with E-state index in [1.165, 1.54) is 35.4 Å². The van der Waals surface area contributed by atoms with Crippen LogP contribution in [-0.2, 0) is 13.1 Å². The largest absolute Gasteiger partial charge is 0.347 e. The lowest BCUT2D eigenvalue weighted by Gasteiger charge is -2.14. The first-order valence-electron chi connectivity index (χ1n) is 7.70. The number of anilines is 1. The Kier molecular flexibility index (Phi) is 4.93. The van der Waals surface area contributed by atoms with E-state index in [9.17, 15) is 0 Å². The minimum Gasteiger partial charge on any atom is -0.347 e. The van der Waals surface area contributed by atoms with Crippen molar-refractivity contribution in [3.63, 3.8) is 0 Å². The second-order valence-electron chi connectivity index (χ2n) is 5.74. The van der Waals surface area contributed by atoms with Crippen LogP contribution < -0.4 is 10.2 Å². The molecule has 0 aromatic carbocycles. The van der Waals surface area contributed by atoms with E-state index in [4.69, 9.17) is 4.98 Å². The third kappa shape index (κ3) is 3.84. The first kappa shape index (κ1) is 15.0. The fourth-order valence-corrected chi connectivity index (χ4v) is 4.15. The second-order valence-corrected chi connectivity index (χ2v) is 7.59. The number of hydrogen-bond donors (Lipinski definition) is 1. The number of nitrogens with one attached hydrogen (secondary N) is 1. The maximum atomic E-state index is 4.94. The molecule has 0 radical (unpaired) electrons. The van der Waals surface area contributed by atoms with Gasteiger partial charge >= 0.3 is 0 Å². The van der Waals surface area contributed by atoms with Crippen LogP contribution in [0.15, 0.2) is 16.8 Å². The normalized spacial score (nSPS) is 14.6. The number of thiazole rings is 1. The van der Waals surface area contributed by atoms with Crippen molar-refractivity contribution in [1.82, 2.24) is 10.3 Å². The Morgan fingerprint density at radius 1 is 1.43 bits per heavy atom. The highest BCUT2D eigenvalue weighted by molar-refractivity contribution is 7.15. The lowest BCUT2D eigenvalue weighted by molar-refractivity contribution is 0.676. The van der Waals surface area contributed by atoms with Crippen molar-refractivity contribution in [1.29, 1.82) is 0 Å². The van der Waals surface area contributed by atoms with Gasteiger partial charge in [0.2, 0.25) is 0 Å². The zero-order valence-electron chi connectivity index (χ0n) is 12.8. The zero-order valence-corrected chi connectivity index (χ0v) is 14.4. The first-order chi connectivity index (χ1) is 10.3. The Labute approximate surface area is 135 Å². The van der Waals surface area contributed by atoms with Crippen LogP contribution in [-0.4, -0.2) is 18.6 Å². The van der Waals surface area contributed by atoms with E-state index in [1.54, 1.807) is 11.3 Å². The van der Waals surface area contributed by atoms with Gasteiger partial charge in [0.15, 0.2) is 5.13 Å². The van der Waals surface area contributed by atoms with E-state index >= 15 is 0 Å². The number of hydrogen-bond acceptors (Lipinski definition) is 5. The summed E-state index contributed by atoms with van der Waals surface area (Å²) in [4.78, 5) is 8.66. The van der Waals surface area contributed by atoms with Gasteiger partial charge in [0.25, 0.3) is 0 Å². The van der Waals surface area contributed by atoms with Crippen LogP contribution in [0.25, 0.3) is 0 Å².